The van der Waals surface area contributed by atoms with Crippen LogP contribution < -0.4 is 5.73 Å². The Morgan fingerprint density at radius 1 is 1.33 bits per heavy atom. The Morgan fingerprint density at radius 3 is 2.53 bits per heavy atom. The molecule has 0 bridgehead atoms. The minimum Gasteiger partial charge on any atom is -0.372 e. The van der Waals surface area contributed by atoms with Crippen molar-refractivity contribution in [3.05, 3.63) is 35.4 Å². The molecule has 0 atom stereocenters. The number of carbonyl (C=O) groups excluding carboxylic acids is 1. The maximum Gasteiger partial charge on any atom is 0.188 e. The molecule has 1 rings (SSSR count). The fourth-order valence-corrected chi connectivity index (χ4v) is 1.26. The Bertz CT molecular complexity index is 306. The molecular formula is C12H17NO2. The molecule has 0 aliphatic carbocycles. The van der Waals surface area contributed by atoms with Crippen molar-refractivity contribution in [2.24, 2.45) is 5.73 Å². The lowest BCUT2D eigenvalue weighted by Crippen LogP contribution is -2.14. The number of Topliss-reactive ketones (excluding diaryl/α,β-unsaturated/α-hetero) is 1. The number of hydrogen-bond donors (Lipinski definition) is 1. The predicted octanol–water partition coefficient (Wildman–Crippen LogP) is 1.41. The second-order valence-corrected chi connectivity index (χ2v) is 3.31. The van der Waals surface area contributed by atoms with Gasteiger partial charge in [-0.2, -0.15) is 0 Å². The van der Waals surface area contributed by atoms with Crippen molar-refractivity contribution in [2.45, 2.75) is 13.3 Å². The average molecular weight is 207 g/mol. The smallest absolute Gasteiger partial charge is 0.188 e. The molecule has 0 aromatic heterocycles. The van der Waals surface area contributed by atoms with Crippen LogP contribution in [-0.2, 0) is 11.2 Å². The first-order chi connectivity index (χ1) is 7.27. The van der Waals surface area contributed by atoms with Gasteiger partial charge in [0.25, 0.3) is 0 Å². The van der Waals surface area contributed by atoms with Gasteiger partial charge >= 0.3 is 0 Å². The summed E-state index contributed by atoms with van der Waals surface area (Å²) in [6.07, 6.45) is 0.984. The molecule has 0 fully saturated rings. The van der Waals surface area contributed by atoms with Gasteiger partial charge in [-0.05, 0) is 12.0 Å². The lowest BCUT2D eigenvalue weighted by Gasteiger charge is -2.03. The standard InChI is InChI=1S/C12H17NO2/c1-2-10-3-5-11(6-4-10)12(14)9-15-8-7-13/h3-6H,2,7-9,13H2,1H3. The summed E-state index contributed by atoms with van der Waals surface area (Å²) in [6, 6.07) is 7.62. The molecule has 0 aliphatic rings. The van der Waals surface area contributed by atoms with E-state index in [0.29, 0.717) is 18.7 Å². The largest absolute Gasteiger partial charge is 0.372 e. The fraction of sp³-hybridized carbons (Fsp3) is 0.417. The highest BCUT2D eigenvalue weighted by atomic mass is 16.5. The fourth-order valence-electron chi connectivity index (χ4n) is 1.26. The first kappa shape index (κ1) is 11.9. The van der Waals surface area contributed by atoms with E-state index >= 15 is 0 Å². The summed E-state index contributed by atoms with van der Waals surface area (Å²) in [5.74, 6) is 0.00565. The molecule has 0 saturated carbocycles. The summed E-state index contributed by atoms with van der Waals surface area (Å²) in [7, 11) is 0. The molecule has 0 radical (unpaired) electrons. The number of carbonyl (C=O) groups is 1. The molecule has 1 aromatic carbocycles. The first-order valence-corrected chi connectivity index (χ1v) is 5.18. The molecule has 15 heavy (non-hydrogen) atoms. The van der Waals surface area contributed by atoms with Crippen LogP contribution in [0.3, 0.4) is 0 Å². The lowest BCUT2D eigenvalue weighted by molar-refractivity contribution is 0.0774. The van der Waals surface area contributed by atoms with Crippen molar-refractivity contribution in [2.75, 3.05) is 19.8 Å². The maximum absolute atomic E-state index is 11.6. The van der Waals surface area contributed by atoms with Crippen LogP contribution in [0.5, 0.6) is 0 Å². The minimum atomic E-state index is 0.00565. The van der Waals surface area contributed by atoms with Gasteiger partial charge in [0.2, 0.25) is 0 Å². The van der Waals surface area contributed by atoms with E-state index in [-0.39, 0.29) is 12.4 Å². The van der Waals surface area contributed by atoms with Crippen molar-refractivity contribution in [3.63, 3.8) is 0 Å². The maximum atomic E-state index is 11.6. The third-order valence-electron chi connectivity index (χ3n) is 2.18. The summed E-state index contributed by atoms with van der Waals surface area (Å²) in [4.78, 5) is 11.6. The Hall–Kier alpha value is -1.19. The lowest BCUT2D eigenvalue weighted by atomic mass is 10.1. The van der Waals surface area contributed by atoms with E-state index in [4.69, 9.17) is 10.5 Å². The summed E-state index contributed by atoms with van der Waals surface area (Å²) in [6.45, 7) is 3.07. The molecule has 0 amide bonds. The number of benzene rings is 1. The second kappa shape index (κ2) is 6.32. The van der Waals surface area contributed by atoms with Crippen molar-refractivity contribution in [1.82, 2.24) is 0 Å². The number of nitrogens with two attached hydrogens (primary N) is 1. The van der Waals surface area contributed by atoms with E-state index in [0.717, 1.165) is 6.42 Å². The molecule has 1 aromatic rings. The van der Waals surface area contributed by atoms with Crippen LogP contribution >= 0.6 is 0 Å². The van der Waals surface area contributed by atoms with Crippen LogP contribution in [0.4, 0.5) is 0 Å². The molecule has 0 aliphatic heterocycles. The van der Waals surface area contributed by atoms with Gasteiger partial charge in [-0.15, -0.1) is 0 Å². The summed E-state index contributed by atoms with van der Waals surface area (Å²) >= 11 is 0. The molecule has 82 valence electrons. The SMILES string of the molecule is CCc1ccc(C(=O)COCCN)cc1. The van der Waals surface area contributed by atoms with Crippen molar-refractivity contribution < 1.29 is 9.53 Å². The summed E-state index contributed by atoms with van der Waals surface area (Å²) in [5.41, 5.74) is 7.18. The van der Waals surface area contributed by atoms with E-state index in [2.05, 4.69) is 6.92 Å². The monoisotopic (exact) mass is 207 g/mol. The van der Waals surface area contributed by atoms with Gasteiger partial charge in [-0.3, -0.25) is 4.79 Å². The highest BCUT2D eigenvalue weighted by Gasteiger charge is 2.04. The molecule has 3 nitrogen and oxygen atoms in total. The quantitative estimate of drug-likeness (QED) is 0.566. The number of rotatable bonds is 6. The van der Waals surface area contributed by atoms with Gasteiger partial charge in [0.05, 0.1) is 6.61 Å². The van der Waals surface area contributed by atoms with E-state index in [9.17, 15) is 4.79 Å². The zero-order valence-electron chi connectivity index (χ0n) is 9.03. The molecular weight excluding hydrogens is 190 g/mol. The Kier molecular flexibility index (Phi) is 5.01. The van der Waals surface area contributed by atoms with E-state index in [1.165, 1.54) is 5.56 Å². The van der Waals surface area contributed by atoms with Crippen molar-refractivity contribution in [3.8, 4) is 0 Å². The topological polar surface area (TPSA) is 52.3 Å². The van der Waals surface area contributed by atoms with Gasteiger partial charge in [0.15, 0.2) is 5.78 Å². The van der Waals surface area contributed by atoms with Gasteiger partial charge in [0, 0.05) is 12.1 Å². The normalized spacial score (nSPS) is 10.3. The molecule has 0 heterocycles. The van der Waals surface area contributed by atoms with Gasteiger partial charge in [-0.25, -0.2) is 0 Å². The second-order valence-electron chi connectivity index (χ2n) is 3.31. The van der Waals surface area contributed by atoms with E-state index in [1.807, 2.05) is 24.3 Å². The summed E-state index contributed by atoms with van der Waals surface area (Å²) < 4.78 is 5.08. The Morgan fingerprint density at radius 2 is 2.00 bits per heavy atom. The molecule has 2 N–H and O–H groups in total. The predicted molar refractivity (Wildman–Crippen MR) is 60.0 cm³/mol. The molecule has 0 saturated heterocycles. The highest BCUT2D eigenvalue weighted by Crippen LogP contribution is 2.05. The van der Waals surface area contributed by atoms with Crippen LogP contribution in [-0.4, -0.2) is 25.5 Å². The zero-order valence-corrected chi connectivity index (χ0v) is 9.03. The zero-order chi connectivity index (χ0) is 11.1. The van der Waals surface area contributed by atoms with Gasteiger partial charge in [-0.1, -0.05) is 31.2 Å². The van der Waals surface area contributed by atoms with E-state index in [1.54, 1.807) is 0 Å². The summed E-state index contributed by atoms with van der Waals surface area (Å²) in [5, 5.41) is 0. The van der Waals surface area contributed by atoms with E-state index < -0.39 is 0 Å². The number of aryl methyl sites for hydroxylation is 1. The van der Waals surface area contributed by atoms with Crippen LogP contribution in [0.2, 0.25) is 0 Å². The van der Waals surface area contributed by atoms with Gasteiger partial charge in [0.1, 0.15) is 6.61 Å². The number of hydrogen-bond acceptors (Lipinski definition) is 3. The van der Waals surface area contributed by atoms with Crippen LogP contribution in [0.25, 0.3) is 0 Å². The Balaban J connectivity index is 2.50. The highest BCUT2D eigenvalue weighted by molar-refractivity contribution is 5.97. The third kappa shape index (κ3) is 3.81. The molecule has 0 spiro atoms. The minimum absolute atomic E-state index is 0.00565. The van der Waals surface area contributed by atoms with Crippen molar-refractivity contribution in [1.29, 1.82) is 0 Å². The Labute approximate surface area is 90.2 Å². The average Bonchev–Trinajstić information content (AvgIpc) is 2.29. The third-order valence-corrected chi connectivity index (χ3v) is 2.18. The van der Waals surface area contributed by atoms with Crippen LogP contribution in [0.15, 0.2) is 24.3 Å². The first-order valence-electron chi connectivity index (χ1n) is 5.18. The number of ether oxygens (including phenoxy) is 1. The van der Waals surface area contributed by atoms with Crippen LogP contribution in [0, 0.1) is 0 Å². The number of ketones is 1. The molecule has 3 heteroatoms. The molecule has 0 unspecified atom stereocenters. The van der Waals surface area contributed by atoms with Gasteiger partial charge < -0.3 is 10.5 Å². The van der Waals surface area contributed by atoms with Crippen molar-refractivity contribution >= 4 is 5.78 Å². The van der Waals surface area contributed by atoms with Crippen LogP contribution in [0.1, 0.15) is 22.8 Å².